The molecule has 1 fully saturated rings. The van der Waals surface area contributed by atoms with E-state index in [1.54, 1.807) is 7.11 Å². The van der Waals surface area contributed by atoms with E-state index in [4.69, 9.17) is 9.47 Å². The maximum Gasteiger partial charge on any atom is 0.410 e. The molecule has 0 spiro atoms. The molecular weight excluding hydrogens is 244 g/mol. The van der Waals surface area contributed by atoms with E-state index >= 15 is 0 Å². The number of methoxy groups -OCH3 is 1. The van der Waals surface area contributed by atoms with Crippen LogP contribution in [0.25, 0.3) is 0 Å². The number of nitrogens with one attached hydrogen (secondary N) is 1. The number of carbonyl (C=O) groups is 1. The standard InChI is InChI=1S/C14H28N2O3/c1-11(18-5)9-15-10-12-7-6-8-16(12)13(17)19-14(2,3)4/h11-12,15H,6-10H2,1-5H3/t11?,12-/m0/s1. The molecule has 1 rings (SSSR count). The van der Waals surface area contributed by atoms with Gasteiger partial charge in [0.15, 0.2) is 0 Å². The van der Waals surface area contributed by atoms with Gasteiger partial charge in [0.25, 0.3) is 0 Å². The normalized spacial score (nSPS) is 21.5. The third-order valence-corrected chi connectivity index (χ3v) is 3.22. The first-order chi connectivity index (χ1) is 8.83. The van der Waals surface area contributed by atoms with Crippen LogP contribution in [-0.4, -0.2) is 55.5 Å². The van der Waals surface area contributed by atoms with Gasteiger partial charge in [0.2, 0.25) is 0 Å². The van der Waals surface area contributed by atoms with Crippen molar-refractivity contribution >= 4 is 6.09 Å². The third-order valence-electron chi connectivity index (χ3n) is 3.22. The van der Waals surface area contributed by atoms with Crippen molar-refractivity contribution in [2.45, 2.75) is 58.3 Å². The fourth-order valence-corrected chi connectivity index (χ4v) is 2.15. The minimum Gasteiger partial charge on any atom is -0.444 e. The highest BCUT2D eigenvalue weighted by molar-refractivity contribution is 5.69. The smallest absolute Gasteiger partial charge is 0.410 e. The van der Waals surface area contributed by atoms with Crippen LogP contribution in [0.4, 0.5) is 4.79 Å². The summed E-state index contributed by atoms with van der Waals surface area (Å²) in [5.74, 6) is 0. The lowest BCUT2D eigenvalue weighted by molar-refractivity contribution is 0.0224. The fraction of sp³-hybridized carbons (Fsp3) is 0.929. The Bertz CT molecular complexity index is 289. The van der Waals surface area contributed by atoms with Crippen LogP contribution in [0.2, 0.25) is 0 Å². The molecule has 1 aliphatic heterocycles. The third kappa shape index (κ3) is 5.78. The Hall–Kier alpha value is -0.810. The molecule has 1 amide bonds. The Morgan fingerprint density at radius 3 is 2.74 bits per heavy atom. The summed E-state index contributed by atoms with van der Waals surface area (Å²) in [4.78, 5) is 13.9. The molecule has 0 radical (unpaired) electrons. The highest BCUT2D eigenvalue weighted by Gasteiger charge is 2.31. The van der Waals surface area contributed by atoms with Gasteiger partial charge in [-0.05, 0) is 40.5 Å². The van der Waals surface area contributed by atoms with Gasteiger partial charge in [-0.3, -0.25) is 0 Å². The molecular formula is C14H28N2O3. The summed E-state index contributed by atoms with van der Waals surface area (Å²) in [5.41, 5.74) is -0.428. The van der Waals surface area contributed by atoms with Crippen LogP contribution in [0.3, 0.4) is 0 Å². The van der Waals surface area contributed by atoms with Crippen LogP contribution in [0.5, 0.6) is 0 Å². The molecule has 112 valence electrons. The monoisotopic (exact) mass is 272 g/mol. The maximum absolute atomic E-state index is 12.1. The Morgan fingerprint density at radius 2 is 2.16 bits per heavy atom. The first-order valence-corrected chi connectivity index (χ1v) is 7.06. The van der Waals surface area contributed by atoms with Crippen molar-refractivity contribution in [2.75, 3.05) is 26.7 Å². The van der Waals surface area contributed by atoms with E-state index < -0.39 is 5.60 Å². The highest BCUT2D eigenvalue weighted by atomic mass is 16.6. The van der Waals surface area contributed by atoms with Crippen LogP contribution in [0, 0.1) is 0 Å². The Morgan fingerprint density at radius 1 is 1.47 bits per heavy atom. The van der Waals surface area contributed by atoms with Crippen LogP contribution in [0.15, 0.2) is 0 Å². The second kappa shape index (κ2) is 7.10. The molecule has 1 N–H and O–H groups in total. The number of hydrogen-bond donors (Lipinski definition) is 1. The summed E-state index contributed by atoms with van der Waals surface area (Å²) in [6.07, 6.45) is 2.08. The van der Waals surface area contributed by atoms with Gasteiger partial charge in [0.05, 0.1) is 6.10 Å². The Kier molecular flexibility index (Phi) is 6.07. The predicted molar refractivity (Wildman–Crippen MR) is 75.3 cm³/mol. The van der Waals surface area contributed by atoms with E-state index in [2.05, 4.69) is 5.32 Å². The van der Waals surface area contributed by atoms with Crippen molar-refractivity contribution in [1.82, 2.24) is 10.2 Å². The van der Waals surface area contributed by atoms with E-state index in [1.165, 1.54) is 0 Å². The number of rotatable bonds is 5. The molecule has 1 unspecified atom stereocenters. The van der Waals surface area contributed by atoms with Crippen molar-refractivity contribution in [1.29, 1.82) is 0 Å². The zero-order chi connectivity index (χ0) is 14.5. The largest absolute Gasteiger partial charge is 0.444 e. The summed E-state index contributed by atoms with van der Waals surface area (Å²) in [5, 5.41) is 3.35. The molecule has 0 aromatic heterocycles. The van der Waals surface area contributed by atoms with E-state index in [0.29, 0.717) is 0 Å². The van der Waals surface area contributed by atoms with Crippen LogP contribution in [-0.2, 0) is 9.47 Å². The lowest BCUT2D eigenvalue weighted by Gasteiger charge is -2.29. The van der Waals surface area contributed by atoms with Crippen LogP contribution in [0.1, 0.15) is 40.5 Å². The van der Waals surface area contributed by atoms with Crippen molar-refractivity contribution in [3.63, 3.8) is 0 Å². The van der Waals surface area contributed by atoms with Crippen molar-refractivity contribution in [3.05, 3.63) is 0 Å². The number of amides is 1. The molecule has 0 aromatic rings. The molecule has 19 heavy (non-hydrogen) atoms. The van der Waals surface area contributed by atoms with Crippen molar-refractivity contribution in [2.24, 2.45) is 0 Å². The summed E-state index contributed by atoms with van der Waals surface area (Å²) in [6, 6.07) is 0.235. The average Bonchev–Trinajstić information content (AvgIpc) is 2.75. The van der Waals surface area contributed by atoms with Gasteiger partial charge in [0, 0.05) is 32.8 Å². The van der Waals surface area contributed by atoms with E-state index in [9.17, 15) is 4.79 Å². The van der Waals surface area contributed by atoms with Gasteiger partial charge in [-0.2, -0.15) is 0 Å². The molecule has 0 aliphatic carbocycles. The molecule has 2 atom stereocenters. The highest BCUT2D eigenvalue weighted by Crippen LogP contribution is 2.20. The number of hydrogen-bond acceptors (Lipinski definition) is 4. The summed E-state index contributed by atoms with van der Waals surface area (Å²) in [7, 11) is 1.70. The average molecular weight is 272 g/mol. The molecule has 5 nitrogen and oxygen atoms in total. The Labute approximate surface area is 116 Å². The van der Waals surface area contributed by atoms with E-state index in [1.807, 2.05) is 32.6 Å². The minimum atomic E-state index is -0.428. The molecule has 1 aliphatic rings. The number of likely N-dealkylation sites (tertiary alicyclic amines) is 1. The van der Waals surface area contributed by atoms with Gasteiger partial charge in [0.1, 0.15) is 5.60 Å². The van der Waals surface area contributed by atoms with Crippen LogP contribution < -0.4 is 5.32 Å². The minimum absolute atomic E-state index is 0.191. The summed E-state index contributed by atoms with van der Waals surface area (Å²) >= 11 is 0. The molecule has 1 saturated heterocycles. The predicted octanol–water partition coefficient (Wildman–Crippen LogP) is 2.01. The van der Waals surface area contributed by atoms with E-state index in [0.717, 1.165) is 32.5 Å². The molecule has 0 aromatic carbocycles. The molecule has 0 bridgehead atoms. The quantitative estimate of drug-likeness (QED) is 0.832. The second-order valence-corrected chi connectivity index (χ2v) is 6.17. The summed E-state index contributed by atoms with van der Waals surface area (Å²) in [6.45, 7) is 10.1. The van der Waals surface area contributed by atoms with Gasteiger partial charge in [-0.1, -0.05) is 0 Å². The number of carbonyl (C=O) groups excluding carboxylic acids is 1. The maximum atomic E-state index is 12.1. The zero-order valence-electron chi connectivity index (χ0n) is 12.9. The van der Waals surface area contributed by atoms with Gasteiger partial charge >= 0.3 is 6.09 Å². The van der Waals surface area contributed by atoms with Crippen molar-refractivity contribution in [3.8, 4) is 0 Å². The van der Waals surface area contributed by atoms with Gasteiger partial charge < -0.3 is 19.7 Å². The fourth-order valence-electron chi connectivity index (χ4n) is 2.15. The lowest BCUT2D eigenvalue weighted by atomic mass is 10.2. The van der Waals surface area contributed by atoms with E-state index in [-0.39, 0.29) is 18.2 Å². The molecule has 1 heterocycles. The zero-order valence-corrected chi connectivity index (χ0v) is 12.9. The van der Waals surface area contributed by atoms with Gasteiger partial charge in [-0.25, -0.2) is 4.79 Å². The molecule has 5 heteroatoms. The molecule has 0 saturated carbocycles. The summed E-state index contributed by atoms with van der Waals surface area (Å²) < 4.78 is 10.6. The Balaban J connectivity index is 2.39. The number of ether oxygens (including phenoxy) is 2. The number of nitrogens with zero attached hydrogens (tertiary/aromatic N) is 1. The first kappa shape index (κ1) is 16.2. The SMILES string of the molecule is COC(C)CNC[C@@H]1CCCN1C(=O)OC(C)(C)C. The van der Waals surface area contributed by atoms with Crippen molar-refractivity contribution < 1.29 is 14.3 Å². The van der Waals surface area contributed by atoms with Gasteiger partial charge in [-0.15, -0.1) is 0 Å². The lowest BCUT2D eigenvalue weighted by Crippen LogP contribution is -2.45. The van der Waals surface area contributed by atoms with Crippen LogP contribution >= 0.6 is 0 Å². The second-order valence-electron chi connectivity index (χ2n) is 6.17. The first-order valence-electron chi connectivity index (χ1n) is 7.06. The topological polar surface area (TPSA) is 50.8 Å².